The first-order valence-electron chi connectivity index (χ1n) is 5.10. The Morgan fingerprint density at radius 3 is 2.67 bits per heavy atom. The van der Waals surface area contributed by atoms with Gasteiger partial charge in [0.15, 0.2) is 5.11 Å². The van der Waals surface area contributed by atoms with Crippen LogP contribution in [-0.4, -0.2) is 16.1 Å². The van der Waals surface area contributed by atoms with E-state index >= 15 is 0 Å². The number of hydrogen-bond donors (Lipinski definition) is 3. The Balaban J connectivity index is 1.98. The van der Waals surface area contributed by atoms with Crippen molar-refractivity contribution in [3.8, 4) is 5.75 Å². The minimum Gasteiger partial charge on any atom is -0.506 e. The highest BCUT2D eigenvalue weighted by atomic mass is 32.1. The molecule has 0 fully saturated rings. The van der Waals surface area contributed by atoms with Crippen molar-refractivity contribution >= 4 is 40.3 Å². The van der Waals surface area contributed by atoms with Crippen molar-refractivity contribution in [2.75, 3.05) is 5.32 Å². The van der Waals surface area contributed by atoms with Crippen LogP contribution in [0.2, 0.25) is 0 Å². The topological polar surface area (TPSA) is 61.4 Å². The first-order chi connectivity index (χ1) is 8.66. The molecular weight excluding hydrogens is 268 g/mol. The average molecular weight is 278 g/mol. The van der Waals surface area contributed by atoms with Crippen molar-refractivity contribution in [2.24, 2.45) is 0 Å². The highest BCUT2D eigenvalue weighted by molar-refractivity contribution is 7.80. The molecule has 18 heavy (non-hydrogen) atoms. The van der Waals surface area contributed by atoms with Gasteiger partial charge in [-0.3, -0.25) is 10.1 Å². The lowest BCUT2D eigenvalue weighted by molar-refractivity contribution is 0.0981. The Labute approximate surface area is 113 Å². The monoisotopic (exact) mass is 278 g/mol. The number of carbonyl (C=O) groups excluding carboxylic acids is 1. The van der Waals surface area contributed by atoms with Crippen molar-refractivity contribution in [3.05, 3.63) is 46.7 Å². The Kier molecular flexibility index (Phi) is 3.91. The number of anilines is 1. The Morgan fingerprint density at radius 1 is 1.22 bits per heavy atom. The number of aromatic hydroxyl groups is 1. The largest absolute Gasteiger partial charge is 0.506 e. The number of phenolic OH excluding ortho intramolecular Hbond substituents is 1. The van der Waals surface area contributed by atoms with Crippen molar-refractivity contribution in [2.45, 2.75) is 0 Å². The van der Waals surface area contributed by atoms with Crippen molar-refractivity contribution < 1.29 is 9.90 Å². The first-order valence-corrected chi connectivity index (χ1v) is 6.39. The minimum atomic E-state index is -0.266. The third-order valence-electron chi connectivity index (χ3n) is 2.12. The van der Waals surface area contributed by atoms with Gasteiger partial charge in [0.25, 0.3) is 5.91 Å². The second-order valence-electron chi connectivity index (χ2n) is 3.40. The molecular formula is C12H10N2O2S2. The van der Waals surface area contributed by atoms with Gasteiger partial charge in [0.2, 0.25) is 0 Å². The fourth-order valence-corrected chi connectivity index (χ4v) is 2.13. The summed E-state index contributed by atoms with van der Waals surface area (Å²) in [6.45, 7) is 0. The number of amides is 1. The Morgan fingerprint density at radius 2 is 2.00 bits per heavy atom. The first kappa shape index (κ1) is 12.5. The van der Waals surface area contributed by atoms with Crippen LogP contribution in [0, 0.1) is 0 Å². The highest BCUT2D eigenvalue weighted by Gasteiger charge is 2.09. The normalized spacial score (nSPS) is 9.78. The molecule has 4 nitrogen and oxygen atoms in total. The summed E-state index contributed by atoms with van der Waals surface area (Å²) in [5, 5.41) is 16.8. The van der Waals surface area contributed by atoms with Crippen LogP contribution in [0.4, 0.5) is 5.69 Å². The molecule has 6 heteroatoms. The van der Waals surface area contributed by atoms with Crippen LogP contribution >= 0.6 is 23.6 Å². The molecule has 2 rings (SSSR count). The maximum Gasteiger partial charge on any atom is 0.267 e. The van der Waals surface area contributed by atoms with E-state index < -0.39 is 0 Å². The third kappa shape index (κ3) is 3.06. The smallest absolute Gasteiger partial charge is 0.267 e. The van der Waals surface area contributed by atoms with E-state index in [9.17, 15) is 9.90 Å². The molecule has 1 aromatic carbocycles. The fourth-order valence-electron chi connectivity index (χ4n) is 1.31. The highest BCUT2D eigenvalue weighted by Crippen LogP contribution is 2.21. The molecule has 0 saturated heterocycles. The molecule has 1 amide bonds. The van der Waals surface area contributed by atoms with Gasteiger partial charge in [0.05, 0.1) is 10.6 Å². The lowest BCUT2D eigenvalue weighted by Crippen LogP contribution is -2.33. The summed E-state index contributed by atoms with van der Waals surface area (Å²) in [7, 11) is 0. The van der Waals surface area contributed by atoms with E-state index in [-0.39, 0.29) is 16.8 Å². The summed E-state index contributed by atoms with van der Waals surface area (Å²) in [4.78, 5) is 12.3. The van der Waals surface area contributed by atoms with Gasteiger partial charge in [-0.1, -0.05) is 18.2 Å². The molecule has 0 aliphatic rings. The minimum absolute atomic E-state index is 0.0743. The second kappa shape index (κ2) is 5.61. The molecule has 0 spiro atoms. The second-order valence-corrected chi connectivity index (χ2v) is 4.76. The molecule has 1 heterocycles. The Hall–Kier alpha value is -1.92. The van der Waals surface area contributed by atoms with Crippen molar-refractivity contribution in [1.82, 2.24) is 5.32 Å². The van der Waals surface area contributed by atoms with Crippen LogP contribution < -0.4 is 10.6 Å². The number of thiophene rings is 1. The fraction of sp³-hybridized carbons (Fsp3) is 0. The van der Waals surface area contributed by atoms with E-state index in [1.807, 2.05) is 5.38 Å². The predicted octanol–water partition coefficient (Wildman–Crippen LogP) is 2.58. The number of para-hydroxylation sites is 2. The lowest BCUT2D eigenvalue weighted by atomic mass is 10.3. The predicted molar refractivity (Wildman–Crippen MR) is 76.1 cm³/mol. The molecule has 0 unspecified atom stereocenters. The lowest BCUT2D eigenvalue weighted by Gasteiger charge is -2.09. The number of hydrogen-bond acceptors (Lipinski definition) is 4. The molecule has 0 radical (unpaired) electrons. The van der Waals surface area contributed by atoms with Gasteiger partial charge in [-0.25, -0.2) is 0 Å². The van der Waals surface area contributed by atoms with Gasteiger partial charge in [-0.15, -0.1) is 11.3 Å². The van der Waals surface area contributed by atoms with Crippen LogP contribution in [0.25, 0.3) is 0 Å². The van der Waals surface area contributed by atoms with E-state index in [1.54, 1.807) is 30.3 Å². The van der Waals surface area contributed by atoms with E-state index in [0.29, 0.717) is 10.6 Å². The molecule has 0 bridgehead atoms. The van der Waals surface area contributed by atoms with Gasteiger partial charge < -0.3 is 10.4 Å². The Bertz CT molecular complexity index is 567. The van der Waals surface area contributed by atoms with Gasteiger partial charge in [0.1, 0.15) is 5.75 Å². The SMILES string of the molecule is O=C(NC(=S)Nc1ccccc1O)c1cccs1. The van der Waals surface area contributed by atoms with Gasteiger partial charge in [0, 0.05) is 0 Å². The summed E-state index contributed by atoms with van der Waals surface area (Å²) in [5.74, 6) is -0.192. The summed E-state index contributed by atoms with van der Waals surface area (Å²) in [6, 6.07) is 10.2. The molecule has 0 aliphatic heterocycles. The molecule has 92 valence electrons. The maximum atomic E-state index is 11.7. The van der Waals surface area contributed by atoms with Crippen LogP contribution in [0.3, 0.4) is 0 Å². The number of rotatable bonds is 2. The van der Waals surface area contributed by atoms with Gasteiger partial charge in [-0.2, -0.15) is 0 Å². The zero-order valence-electron chi connectivity index (χ0n) is 9.21. The average Bonchev–Trinajstić information content (AvgIpc) is 2.85. The standard InChI is InChI=1S/C12H10N2O2S2/c15-9-5-2-1-4-8(9)13-12(17)14-11(16)10-6-3-7-18-10/h1-7,15H,(H2,13,14,16,17). The van der Waals surface area contributed by atoms with E-state index in [1.165, 1.54) is 17.4 Å². The van der Waals surface area contributed by atoms with Crippen molar-refractivity contribution in [3.63, 3.8) is 0 Å². The molecule has 2 aromatic rings. The third-order valence-corrected chi connectivity index (χ3v) is 3.20. The number of thiocarbonyl (C=S) groups is 1. The van der Waals surface area contributed by atoms with Crippen molar-refractivity contribution in [1.29, 1.82) is 0 Å². The summed E-state index contributed by atoms with van der Waals surface area (Å²) in [5.41, 5.74) is 0.453. The molecule has 1 aromatic heterocycles. The number of carbonyl (C=O) groups is 1. The number of phenols is 1. The summed E-state index contributed by atoms with van der Waals surface area (Å²) >= 11 is 6.33. The van der Waals surface area contributed by atoms with Gasteiger partial charge in [-0.05, 0) is 35.8 Å². The van der Waals surface area contributed by atoms with Crippen LogP contribution in [0.15, 0.2) is 41.8 Å². The quantitative estimate of drug-likeness (QED) is 0.583. The van der Waals surface area contributed by atoms with E-state index in [4.69, 9.17) is 12.2 Å². The number of benzene rings is 1. The van der Waals surface area contributed by atoms with Crippen LogP contribution in [-0.2, 0) is 0 Å². The molecule has 0 atom stereocenters. The van der Waals surface area contributed by atoms with Gasteiger partial charge >= 0.3 is 0 Å². The van der Waals surface area contributed by atoms with Crippen LogP contribution in [0.5, 0.6) is 5.75 Å². The zero-order valence-corrected chi connectivity index (χ0v) is 10.8. The van der Waals surface area contributed by atoms with E-state index in [0.717, 1.165) is 0 Å². The summed E-state index contributed by atoms with van der Waals surface area (Å²) in [6.07, 6.45) is 0. The number of nitrogens with one attached hydrogen (secondary N) is 2. The maximum absolute atomic E-state index is 11.7. The molecule has 3 N–H and O–H groups in total. The summed E-state index contributed by atoms with van der Waals surface area (Å²) < 4.78 is 0. The molecule has 0 saturated carbocycles. The van der Waals surface area contributed by atoms with E-state index in [2.05, 4.69) is 10.6 Å². The molecule has 0 aliphatic carbocycles. The van der Waals surface area contributed by atoms with Crippen LogP contribution in [0.1, 0.15) is 9.67 Å². The zero-order chi connectivity index (χ0) is 13.0.